The standard InChI is InChI=1S/C22H21NO4/c1-15(24)23-20-8-4-16(5-9-20)12-22(25)27-14-17-3-6-19-13-21(26-2)10-7-18(19)11-17/h3-11,13H,12,14H2,1-2H3,(H,23,24). The first kappa shape index (κ1) is 18.5. The SMILES string of the molecule is COc1ccc2cc(COC(=O)Cc3ccc(NC(C)=O)cc3)ccc2c1. The summed E-state index contributed by atoms with van der Waals surface area (Å²) in [6.07, 6.45) is 0.186. The van der Waals surface area contributed by atoms with Gasteiger partial charge in [-0.25, -0.2) is 0 Å². The molecule has 0 fully saturated rings. The van der Waals surface area contributed by atoms with E-state index in [4.69, 9.17) is 9.47 Å². The van der Waals surface area contributed by atoms with Crippen LogP contribution in [0.15, 0.2) is 60.7 Å². The van der Waals surface area contributed by atoms with Gasteiger partial charge >= 0.3 is 5.97 Å². The Bertz CT molecular complexity index is 964. The largest absolute Gasteiger partial charge is 0.497 e. The van der Waals surface area contributed by atoms with Crippen molar-refractivity contribution in [2.75, 3.05) is 12.4 Å². The lowest BCUT2D eigenvalue weighted by Gasteiger charge is -2.08. The van der Waals surface area contributed by atoms with Gasteiger partial charge in [-0.15, -0.1) is 0 Å². The smallest absolute Gasteiger partial charge is 0.310 e. The lowest BCUT2D eigenvalue weighted by atomic mass is 10.1. The van der Waals surface area contributed by atoms with Gasteiger partial charge in [-0.2, -0.15) is 0 Å². The molecule has 0 aliphatic rings. The van der Waals surface area contributed by atoms with Gasteiger partial charge in [0.2, 0.25) is 5.91 Å². The molecular formula is C22H21NO4. The lowest BCUT2D eigenvalue weighted by Crippen LogP contribution is -2.09. The number of esters is 1. The molecule has 5 heteroatoms. The number of hydrogen-bond donors (Lipinski definition) is 1. The van der Waals surface area contributed by atoms with Gasteiger partial charge in [0.05, 0.1) is 13.5 Å². The average Bonchev–Trinajstić information content (AvgIpc) is 2.67. The van der Waals surface area contributed by atoms with Gasteiger partial charge in [0, 0.05) is 12.6 Å². The van der Waals surface area contributed by atoms with Crippen LogP contribution < -0.4 is 10.1 Å². The van der Waals surface area contributed by atoms with Crippen LogP contribution in [0.25, 0.3) is 10.8 Å². The Kier molecular flexibility index (Phi) is 5.71. The van der Waals surface area contributed by atoms with Crippen molar-refractivity contribution < 1.29 is 19.1 Å². The number of fused-ring (bicyclic) bond motifs is 1. The number of carbonyl (C=O) groups is 2. The Morgan fingerprint density at radius 1 is 0.889 bits per heavy atom. The minimum Gasteiger partial charge on any atom is -0.497 e. The van der Waals surface area contributed by atoms with Gasteiger partial charge in [-0.1, -0.05) is 30.3 Å². The molecule has 0 spiro atoms. The van der Waals surface area contributed by atoms with Crippen molar-refractivity contribution in [1.82, 2.24) is 0 Å². The maximum atomic E-state index is 12.1. The second-order valence-corrected chi connectivity index (χ2v) is 6.26. The van der Waals surface area contributed by atoms with E-state index in [0.29, 0.717) is 5.69 Å². The van der Waals surface area contributed by atoms with Crippen molar-refractivity contribution in [3.63, 3.8) is 0 Å². The van der Waals surface area contributed by atoms with E-state index in [1.807, 2.05) is 36.4 Å². The number of methoxy groups -OCH3 is 1. The van der Waals surface area contributed by atoms with Crippen molar-refractivity contribution in [3.8, 4) is 5.75 Å². The van der Waals surface area contributed by atoms with Gasteiger partial charge in [0.15, 0.2) is 0 Å². The average molecular weight is 363 g/mol. The van der Waals surface area contributed by atoms with E-state index >= 15 is 0 Å². The van der Waals surface area contributed by atoms with Crippen molar-refractivity contribution in [2.24, 2.45) is 0 Å². The van der Waals surface area contributed by atoms with Crippen LogP contribution in [0.3, 0.4) is 0 Å². The van der Waals surface area contributed by atoms with Crippen molar-refractivity contribution in [2.45, 2.75) is 20.0 Å². The van der Waals surface area contributed by atoms with E-state index in [2.05, 4.69) is 5.32 Å². The van der Waals surface area contributed by atoms with Crippen LogP contribution in [0.2, 0.25) is 0 Å². The summed E-state index contributed by atoms with van der Waals surface area (Å²) in [5.74, 6) is 0.388. The third kappa shape index (κ3) is 5.07. The summed E-state index contributed by atoms with van der Waals surface area (Å²) in [7, 11) is 1.64. The summed E-state index contributed by atoms with van der Waals surface area (Å²) in [5, 5.41) is 4.83. The predicted octanol–water partition coefficient (Wildman–Crippen LogP) is 4.09. The van der Waals surface area contributed by atoms with E-state index in [0.717, 1.165) is 27.6 Å². The van der Waals surface area contributed by atoms with Gasteiger partial charge < -0.3 is 14.8 Å². The molecule has 3 aromatic carbocycles. The quantitative estimate of drug-likeness (QED) is 0.670. The molecule has 138 valence electrons. The van der Waals surface area contributed by atoms with Gasteiger partial charge in [-0.3, -0.25) is 9.59 Å². The molecule has 27 heavy (non-hydrogen) atoms. The minimum absolute atomic E-state index is 0.129. The lowest BCUT2D eigenvalue weighted by molar-refractivity contribution is -0.144. The van der Waals surface area contributed by atoms with Crippen LogP contribution in [0, 0.1) is 0 Å². The molecule has 0 saturated heterocycles. The van der Waals surface area contributed by atoms with E-state index in [1.54, 1.807) is 31.4 Å². The molecule has 0 heterocycles. The van der Waals surface area contributed by atoms with Crippen molar-refractivity contribution >= 4 is 28.3 Å². The van der Waals surface area contributed by atoms with Crippen LogP contribution in [0.1, 0.15) is 18.1 Å². The fourth-order valence-electron chi connectivity index (χ4n) is 2.78. The summed E-state index contributed by atoms with van der Waals surface area (Å²) < 4.78 is 10.6. The van der Waals surface area contributed by atoms with Crippen LogP contribution in [0.4, 0.5) is 5.69 Å². The number of ether oxygens (including phenoxy) is 2. The Morgan fingerprint density at radius 2 is 1.56 bits per heavy atom. The molecule has 0 bridgehead atoms. The van der Waals surface area contributed by atoms with E-state index in [9.17, 15) is 9.59 Å². The second kappa shape index (κ2) is 8.36. The zero-order valence-corrected chi connectivity index (χ0v) is 15.3. The Balaban J connectivity index is 1.57. The first-order valence-electron chi connectivity index (χ1n) is 8.62. The highest BCUT2D eigenvalue weighted by Gasteiger charge is 2.07. The molecule has 0 saturated carbocycles. The molecule has 1 amide bonds. The molecule has 5 nitrogen and oxygen atoms in total. The van der Waals surface area contributed by atoms with E-state index < -0.39 is 0 Å². The highest BCUT2D eigenvalue weighted by molar-refractivity contribution is 5.88. The summed E-state index contributed by atoms with van der Waals surface area (Å²) in [4.78, 5) is 23.1. The van der Waals surface area contributed by atoms with Crippen LogP contribution in [-0.4, -0.2) is 19.0 Å². The molecule has 0 aliphatic carbocycles. The molecule has 0 unspecified atom stereocenters. The predicted molar refractivity (Wildman–Crippen MR) is 105 cm³/mol. The fraction of sp³-hybridized carbons (Fsp3) is 0.182. The Labute approximate surface area is 157 Å². The first-order chi connectivity index (χ1) is 13.0. The van der Waals surface area contributed by atoms with Gasteiger partial charge in [0.1, 0.15) is 12.4 Å². The number of amides is 1. The van der Waals surface area contributed by atoms with Crippen molar-refractivity contribution in [3.05, 3.63) is 71.8 Å². The maximum Gasteiger partial charge on any atom is 0.310 e. The fourth-order valence-corrected chi connectivity index (χ4v) is 2.78. The topological polar surface area (TPSA) is 64.6 Å². The normalized spacial score (nSPS) is 10.4. The molecule has 1 N–H and O–H groups in total. The number of rotatable bonds is 6. The summed E-state index contributed by atoms with van der Waals surface area (Å²) >= 11 is 0. The molecular weight excluding hydrogens is 342 g/mol. The van der Waals surface area contributed by atoms with E-state index in [-0.39, 0.29) is 24.9 Å². The zero-order chi connectivity index (χ0) is 19.2. The molecule has 0 radical (unpaired) electrons. The maximum absolute atomic E-state index is 12.1. The summed E-state index contributed by atoms with van der Waals surface area (Å²) in [6, 6.07) is 18.9. The first-order valence-corrected chi connectivity index (χ1v) is 8.62. The highest BCUT2D eigenvalue weighted by atomic mass is 16.5. The highest BCUT2D eigenvalue weighted by Crippen LogP contribution is 2.22. The third-order valence-corrected chi connectivity index (χ3v) is 4.13. The summed E-state index contributed by atoms with van der Waals surface area (Å²) in [6.45, 7) is 1.68. The summed E-state index contributed by atoms with van der Waals surface area (Å²) in [5.41, 5.74) is 2.47. The number of carbonyl (C=O) groups excluding carboxylic acids is 2. The van der Waals surface area contributed by atoms with Crippen LogP contribution in [0.5, 0.6) is 5.75 Å². The minimum atomic E-state index is -0.294. The monoisotopic (exact) mass is 363 g/mol. The number of benzene rings is 3. The van der Waals surface area contributed by atoms with Crippen LogP contribution in [-0.2, 0) is 27.4 Å². The molecule has 0 aromatic heterocycles. The number of hydrogen-bond acceptors (Lipinski definition) is 4. The number of anilines is 1. The Morgan fingerprint density at radius 3 is 2.26 bits per heavy atom. The molecule has 0 atom stereocenters. The van der Waals surface area contributed by atoms with Crippen LogP contribution >= 0.6 is 0 Å². The van der Waals surface area contributed by atoms with E-state index in [1.165, 1.54) is 6.92 Å². The molecule has 3 aromatic rings. The van der Waals surface area contributed by atoms with Gasteiger partial charge in [0.25, 0.3) is 0 Å². The molecule has 3 rings (SSSR count). The van der Waals surface area contributed by atoms with Gasteiger partial charge in [-0.05, 0) is 52.2 Å². The zero-order valence-electron chi connectivity index (χ0n) is 15.3. The second-order valence-electron chi connectivity index (χ2n) is 6.26. The molecule has 0 aliphatic heterocycles. The Hall–Kier alpha value is -3.34. The number of nitrogens with one attached hydrogen (secondary N) is 1. The third-order valence-electron chi connectivity index (χ3n) is 4.13. The van der Waals surface area contributed by atoms with Crippen molar-refractivity contribution in [1.29, 1.82) is 0 Å².